The number of carbonyl (C=O) groups excluding carboxylic acids is 1. The minimum Gasteiger partial charge on any atom is -0.480 e. The van der Waals surface area contributed by atoms with Crippen molar-refractivity contribution < 1.29 is 19.1 Å². The molecular formula is C37H52ClFN2O3. The van der Waals surface area contributed by atoms with Crippen molar-refractivity contribution in [2.75, 3.05) is 19.6 Å². The Kier molecular flexibility index (Phi) is 11.6. The molecule has 5 nitrogen and oxygen atoms in total. The zero-order valence-corrected chi connectivity index (χ0v) is 28.3. The van der Waals surface area contributed by atoms with Crippen molar-refractivity contribution in [3.8, 4) is 0 Å². The van der Waals surface area contributed by atoms with Crippen LogP contribution < -0.4 is 0 Å². The van der Waals surface area contributed by atoms with E-state index < -0.39 is 12.0 Å². The van der Waals surface area contributed by atoms with E-state index in [4.69, 9.17) is 11.6 Å². The summed E-state index contributed by atoms with van der Waals surface area (Å²) in [6, 6.07) is 10.2. The fourth-order valence-electron chi connectivity index (χ4n) is 7.83. The Morgan fingerprint density at radius 3 is 2.50 bits per heavy atom. The first kappa shape index (κ1) is 34.4. The van der Waals surface area contributed by atoms with E-state index in [1.165, 1.54) is 6.07 Å². The number of benzene rings is 2. The van der Waals surface area contributed by atoms with Crippen LogP contribution in [0.2, 0.25) is 5.02 Å². The third kappa shape index (κ3) is 8.04. The molecule has 0 aromatic heterocycles. The molecule has 1 heterocycles. The predicted molar refractivity (Wildman–Crippen MR) is 177 cm³/mol. The summed E-state index contributed by atoms with van der Waals surface area (Å²) in [6.45, 7) is 14.4. The van der Waals surface area contributed by atoms with Gasteiger partial charge in [0.25, 0.3) is 0 Å². The van der Waals surface area contributed by atoms with Crippen LogP contribution in [0.1, 0.15) is 101 Å². The quantitative estimate of drug-likeness (QED) is 0.269. The molecule has 5 atom stereocenters. The van der Waals surface area contributed by atoms with Crippen LogP contribution in [0.3, 0.4) is 0 Å². The number of hydrogen-bond donors (Lipinski definition) is 1. The highest BCUT2D eigenvalue weighted by atomic mass is 35.5. The van der Waals surface area contributed by atoms with E-state index in [1.807, 2.05) is 42.7 Å². The monoisotopic (exact) mass is 626 g/mol. The van der Waals surface area contributed by atoms with Gasteiger partial charge in [-0.15, -0.1) is 0 Å². The summed E-state index contributed by atoms with van der Waals surface area (Å²) in [5.74, 6) is -1.27. The topological polar surface area (TPSA) is 60.9 Å². The fourth-order valence-corrected chi connectivity index (χ4v) is 7.99. The van der Waals surface area contributed by atoms with Gasteiger partial charge >= 0.3 is 5.97 Å². The molecule has 1 unspecified atom stereocenters. The molecule has 0 bridgehead atoms. The minimum absolute atomic E-state index is 0.0796. The Hall–Kier alpha value is -2.44. The first-order valence-electron chi connectivity index (χ1n) is 16.6. The number of carboxylic acids is 1. The summed E-state index contributed by atoms with van der Waals surface area (Å²) >= 11 is 6.13. The molecule has 1 aliphatic carbocycles. The Morgan fingerprint density at radius 1 is 1.11 bits per heavy atom. The number of amides is 1. The fraction of sp³-hybridized carbons (Fsp3) is 0.622. The van der Waals surface area contributed by atoms with Gasteiger partial charge in [-0.3, -0.25) is 14.5 Å². The number of piperazine rings is 1. The van der Waals surface area contributed by atoms with Crippen molar-refractivity contribution in [1.82, 2.24) is 9.80 Å². The van der Waals surface area contributed by atoms with Crippen molar-refractivity contribution in [1.29, 1.82) is 0 Å². The van der Waals surface area contributed by atoms with Gasteiger partial charge in [0.05, 0.1) is 0 Å². The zero-order valence-electron chi connectivity index (χ0n) is 27.5. The molecule has 44 heavy (non-hydrogen) atoms. The van der Waals surface area contributed by atoms with Gasteiger partial charge in [-0.05, 0) is 98.9 Å². The van der Waals surface area contributed by atoms with Crippen LogP contribution in [0, 0.1) is 36.9 Å². The van der Waals surface area contributed by atoms with Crippen molar-refractivity contribution in [3.05, 3.63) is 69.5 Å². The highest BCUT2D eigenvalue weighted by Gasteiger charge is 2.43. The first-order chi connectivity index (χ1) is 20.8. The van der Waals surface area contributed by atoms with E-state index >= 15 is 4.39 Å². The van der Waals surface area contributed by atoms with Gasteiger partial charge in [0.1, 0.15) is 11.9 Å². The second kappa shape index (κ2) is 14.8. The number of unbranched alkanes of at least 4 members (excludes halogenated alkanes) is 1. The number of halogens is 2. The lowest BCUT2D eigenvalue weighted by Crippen LogP contribution is -2.59. The second-order valence-corrected chi connectivity index (χ2v) is 14.6. The van der Waals surface area contributed by atoms with Crippen molar-refractivity contribution in [2.45, 2.75) is 111 Å². The van der Waals surface area contributed by atoms with Crippen molar-refractivity contribution in [2.24, 2.45) is 17.3 Å². The van der Waals surface area contributed by atoms with Gasteiger partial charge in [-0.1, -0.05) is 81.5 Å². The molecule has 7 heteroatoms. The number of carboxylic acid groups (broad SMARTS) is 1. The number of carbonyl (C=O) groups is 2. The SMILES string of the molecule is CCCCC(C)(C)C1CCC[C@@H](c2ccc(Cl)cc2F)[C@H](C(=O)N2CCN([C@@H](Cc3ccc(C)cc3C)C(=O)O)C[C@@H]2C)C1. The molecule has 4 rings (SSSR count). The lowest BCUT2D eigenvalue weighted by Gasteiger charge is -2.44. The molecule has 2 fully saturated rings. The van der Waals surface area contributed by atoms with E-state index in [9.17, 15) is 14.7 Å². The number of hydrogen-bond acceptors (Lipinski definition) is 3. The van der Waals surface area contributed by atoms with Crippen LogP contribution in [0.15, 0.2) is 36.4 Å². The standard InChI is InChI=1S/C37H52ClFN2O3/c1-7-8-16-37(5,6)28-10-9-11-30(31-15-14-29(38)22-33(31)39)32(21-28)35(42)41-18-17-40(23-26(41)4)34(36(43)44)20-27-13-12-24(2)19-25(27)3/h12-15,19,22,26,28,30,32,34H,7-11,16-18,20-21,23H2,1-6H3,(H,43,44)/t26-,28?,30-,32+,34-/m0/s1. The Morgan fingerprint density at radius 2 is 1.86 bits per heavy atom. The minimum atomic E-state index is -0.837. The lowest BCUT2D eigenvalue weighted by atomic mass is 9.69. The number of rotatable bonds is 10. The number of nitrogens with zero attached hydrogens (tertiary/aromatic N) is 2. The molecule has 0 radical (unpaired) electrons. The third-order valence-electron chi connectivity index (χ3n) is 10.6. The molecule has 2 aliphatic rings. The summed E-state index contributed by atoms with van der Waals surface area (Å²) < 4.78 is 15.4. The molecule has 2 aromatic rings. The second-order valence-electron chi connectivity index (χ2n) is 14.2. The van der Waals surface area contributed by atoms with Crippen LogP contribution in [-0.2, 0) is 16.0 Å². The van der Waals surface area contributed by atoms with Gasteiger partial charge in [-0.25, -0.2) is 4.39 Å². The summed E-state index contributed by atoms with van der Waals surface area (Å²) in [6.07, 6.45) is 7.33. The van der Waals surface area contributed by atoms with E-state index in [0.29, 0.717) is 42.6 Å². The maximum absolute atomic E-state index is 15.4. The Bertz CT molecular complexity index is 1310. The molecule has 1 saturated heterocycles. The first-order valence-corrected chi connectivity index (χ1v) is 17.0. The van der Waals surface area contributed by atoms with Crippen LogP contribution >= 0.6 is 11.6 Å². The van der Waals surface area contributed by atoms with E-state index in [1.54, 1.807) is 12.1 Å². The number of aryl methyl sites for hydroxylation is 2. The molecule has 1 aliphatic heterocycles. The third-order valence-corrected chi connectivity index (χ3v) is 10.9. The van der Waals surface area contributed by atoms with E-state index in [0.717, 1.165) is 61.6 Å². The summed E-state index contributed by atoms with van der Waals surface area (Å²) in [4.78, 5) is 31.0. The molecular weight excluding hydrogens is 575 g/mol. The maximum atomic E-state index is 15.4. The Balaban J connectivity index is 1.58. The smallest absolute Gasteiger partial charge is 0.321 e. The molecule has 2 aromatic carbocycles. The van der Waals surface area contributed by atoms with Gasteiger partial charge in [0.2, 0.25) is 5.91 Å². The maximum Gasteiger partial charge on any atom is 0.321 e. The molecule has 1 N–H and O–H groups in total. The van der Waals surface area contributed by atoms with Gasteiger partial charge in [0.15, 0.2) is 0 Å². The molecule has 1 saturated carbocycles. The summed E-state index contributed by atoms with van der Waals surface area (Å²) in [7, 11) is 0. The number of aliphatic carboxylic acids is 1. The van der Waals surface area contributed by atoms with Gasteiger partial charge in [0, 0.05) is 36.6 Å². The normalized spacial score (nSPS) is 24.1. The van der Waals surface area contributed by atoms with E-state index in [-0.39, 0.29) is 35.0 Å². The largest absolute Gasteiger partial charge is 0.480 e. The van der Waals surface area contributed by atoms with Gasteiger partial charge in [-0.2, -0.15) is 0 Å². The zero-order chi connectivity index (χ0) is 32.2. The average molecular weight is 627 g/mol. The van der Waals surface area contributed by atoms with Crippen LogP contribution in [0.5, 0.6) is 0 Å². The van der Waals surface area contributed by atoms with E-state index in [2.05, 4.69) is 26.8 Å². The highest BCUT2D eigenvalue weighted by Crippen LogP contribution is 2.48. The molecule has 0 spiro atoms. The predicted octanol–water partition coefficient (Wildman–Crippen LogP) is 8.43. The summed E-state index contributed by atoms with van der Waals surface area (Å²) in [5, 5.41) is 10.6. The Labute approximate surface area is 269 Å². The van der Waals surface area contributed by atoms with Crippen LogP contribution in [-0.4, -0.2) is 58.5 Å². The van der Waals surface area contributed by atoms with Crippen molar-refractivity contribution in [3.63, 3.8) is 0 Å². The van der Waals surface area contributed by atoms with Crippen LogP contribution in [0.25, 0.3) is 0 Å². The molecule has 1 amide bonds. The summed E-state index contributed by atoms with van der Waals surface area (Å²) in [5.41, 5.74) is 3.98. The average Bonchev–Trinajstić information content (AvgIpc) is 3.19. The van der Waals surface area contributed by atoms with Crippen molar-refractivity contribution >= 4 is 23.5 Å². The lowest BCUT2D eigenvalue weighted by molar-refractivity contribution is -0.147. The molecule has 242 valence electrons. The van der Waals surface area contributed by atoms with Crippen LogP contribution in [0.4, 0.5) is 4.39 Å². The highest BCUT2D eigenvalue weighted by molar-refractivity contribution is 6.30. The van der Waals surface area contributed by atoms with Gasteiger partial charge < -0.3 is 10.0 Å².